The van der Waals surface area contributed by atoms with Gasteiger partial charge in [-0.2, -0.15) is 5.10 Å². The number of hydrogen-bond acceptors (Lipinski definition) is 3. The van der Waals surface area contributed by atoms with Crippen molar-refractivity contribution in [2.75, 3.05) is 6.54 Å². The van der Waals surface area contributed by atoms with E-state index in [1.165, 1.54) is 18.9 Å². The zero-order chi connectivity index (χ0) is 15.3. The molecule has 1 aliphatic heterocycles. The standard InChI is InChI=1S/C17H26N2OSi/c1-15(18-19-13-7-8-14-21(19,2)3)11-12-17(20)16-9-5-4-6-10-16/h4-6,9-10H,7-8,11-14H2,1-3H3. The first-order chi connectivity index (χ1) is 9.99. The van der Waals surface area contributed by atoms with Gasteiger partial charge in [0, 0.05) is 24.2 Å². The lowest BCUT2D eigenvalue weighted by atomic mass is 10.1. The topological polar surface area (TPSA) is 32.7 Å². The third kappa shape index (κ3) is 4.53. The minimum absolute atomic E-state index is 0.209. The summed E-state index contributed by atoms with van der Waals surface area (Å²) < 4.78 is 2.35. The average molecular weight is 302 g/mol. The smallest absolute Gasteiger partial charge is 0.172 e. The predicted molar refractivity (Wildman–Crippen MR) is 91.3 cm³/mol. The van der Waals surface area contributed by atoms with Gasteiger partial charge in [0.1, 0.15) is 0 Å². The minimum atomic E-state index is -1.34. The maximum absolute atomic E-state index is 12.1. The zero-order valence-corrected chi connectivity index (χ0v) is 14.4. The molecule has 0 aliphatic carbocycles. The molecule has 21 heavy (non-hydrogen) atoms. The number of ketones is 1. The van der Waals surface area contributed by atoms with Crippen LogP contribution in [-0.2, 0) is 0 Å². The largest absolute Gasteiger partial charge is 0.324 e. The monoisotopic (exact) mass is 302 g/mol. The summed E-state index contributed by atoms with van der Waals surface area (Å²) in [4.78, 5) is 12.1. The maximum Gasteiger partial charge on any atom is 0.172 e. The van der Waals surface area contributed by atoms with Crippen LogP contribution in [-0.4, -0.2) is 30.9 Å². The van der Waals surface area contributed by atoms with Crippen LogP contribution in [0.3, 0.4) is 0 Å². The van der Waals surface area contributed by atoms with E-state index in [-0.39, 0.29) is 5.78 Å². The Balaban J connectivity index is 1.90. The van der Waals surface area contributed by atoms with Crippen molar-refractivity contribution in [2.45, 2.75) is 51.7 Å². The van der Waals surface area contributed by atoms with E-state index >= 15 is 0 Å². The van der Waals surface area contributed by atoms with Crippen LogP contribution in [0.2, 0.25) is 19.1 Å². The van der Waals surface area contributed by atoms with Gasteiger partial charge in [-0.3, -0.25) is 4.79 Å². The lowest BCUT2D eigenvalue weighted by molar-refractivity contribution is 0.0984. The molecule has 1 heterocycles. The number of Topliss-reactive ketones (excluding diaryl/α,β-unsaturated/α-hetero) is 1. The fourth-order valence-electron chi connectivity index (χ4n) is 2.76. The highest BCUT2D eigenvalue weighted by molar-refractivity contribution is 6.74. The second kappa shape index (κ2) is 7.03. The van der Waals surface area contributed by atoms with Crippen molar-refractivity contribution < 1.29 is 4.79 Å². The Morgan fingerprint density at radius 2 is 1.90 bits per heavy atom. The van der Waals surface area contributed by atoms with Crippen molar-refractivity contribution in [1.29, 1.82) is 0 Å². The Labute approximate surface area is 129 Å². The van der Waals surface area contributed by atoms with E-state index in [0.717, 1.165) is 24.2 Å². The first kappa shape index (κ1) is 16.0. The highest BCUT2D eigenvalue weighted by atomic mass is 28.3. The molecule has 0 bridgehead atoms. The molecule has 0 atom stereocenters. The highest BCUT2D eigenvalue weighted by Gasteiger charge is 2.31. The molecule has 1 saturated heterocycles. The van der Waals surface area contributed by atoms with Crippen molar-refractivity contribution in [3.63, 3.8) is 0 Å². The molecule has 1 aromatic carbocycles. The van der Waals surface area contributed by atoms with Gasteiger partial charge in [-0.15, -0.1) is 0 Å². The van der Waals surface area contributed by atoms with Crippen LogP contribution in [0.25, 0.3) is 0 Å². The van der Waals surface area contributed by atoms with E-state index in [4.69, 9.17) is 5.10 Å². The Bertz CT molecular complexity index is 511. The Kier molecular flexibility index (Phi) is 5.34. The normalized spacial score (nSPS) is 18.6. The van der Waals surface area contributed by atoms with Gasteiger partial charge in [-0.05, 0) is 25.8 Å². The van der Waals surface area contributed by atoms with E-state index in [0.29, 0.717) is 6.42 Å². The van der Waals surface area contributed by atoms with Crippen LogP contribution in [0.4, 0.5) is 0 Å². The molecular formula is C17H26N2OSi. The summed E-state index contributed by atoms with van der Waals surface area (Å²) in [6, 6.07) is 10.9. The first-order valence-corrected chi connectivity index (χ1v) is 11.0. The molecule has 1 aliphatic rings. The predicted octanol–water partition coefficient (Wildman–Crippen LogP) is 4.33. The maximum atomic E-state index is 12.1. The van der Waals surface area contributed by atoms with Crippen molar-refractivity contribution in [1.82, 2.24) is 4.67 Å². The Morgan fingerprint density at radius 1 is 1.19 bits per heavy atom. The summed E-state index contributed by atoms with van der Waals surface area (Å²) in [6.45, 7) is 7.91. The van der Waals surface area contributed by atoms with Gasteiger partial charge in [0.15, 0.2) is 14.0 Å². The molecule has 114 valence electrons. The molecule has 0 N–H and O–H groups in total. The number of hydrazone groups is 1. The SMILES string of the molecule is CC(CCC(=O)c1ccccc1)=NN1CCCC[Si]1(C)C. The van der Waals surface area contributed by atoms with Crippen LogP contribution in [0, 0.1) is 0 Å². The fourth-order valence-corrected chi connectivity index (χ4v) is 5.33. The van der Waals surface area contributed by atoms with Crippen molar-refractivity contribution in [3.8, 4) is 0 Å². The van der Waals surface area contributed by atoms with E-state index < -0.39 is 8.24 Å². The van der Waals surface area contributed by atoms with Crippen LogP contribution < -0.4 is 0 Å². The molecular weight excluding hydrogens is 276 g/mol. The second-order valence-corrected chi connectivity index (χ2v) is 11.2. The molecule has 0 spiro atoms. The molecule has 0 amide bonds. The lowest BCUT2D eigenvalue weighted by Gasteiger charge is -2.39. The number of hydrogen-bond donors (Lipinski definition) is 0. The summed E-state index contributed by atoms with van der Waals surface area (Å²) in [5, 5.41) is 4.81. The summed E-state index contributed by atoms with van der Waals surface area (Å²) >= 11 is 0. The molecule has 0 aromatic heterocycles. The van der Waals surface area contributed by atoms with Gasteiger partial charge < -0.3 is 4.67 Å². The molecule has 2 rings (SSSR count). The summed E-state index contributed by atoms with van der Waals surface area (Å²) in [6.07, 6.45) is 3.90. The highest BCUT2D eigenvalue weighted by Crippen LogP contribution is 2.25. The number of benzene rings is 1. The Morgan fingerprint density at radius 3 is 2.57 bits per heavy atom. The van der Waals surface area contributed by atoms with Crippen LogP contribution in [0.15, 0.2) is 35.4 Å². The van der Waals surface area contributed by atoms with E-state index in [1.807, 2.05) is 30.3 Å². The minimum Gasteiger partial charge on any atom is -0.324 e. The summed E-state index contributed by atoms with van der Waals surface area (Å²) in [5.74, 6) is 0.209. The molecule has 1 fully saturated rings. The molecule has 1 aromatic rings. The van der Waals surface area contributed by atoms with Crippen molar-refractivity contribution >= 4 is 19.7 Å². The average Bonchev–Trinajstić information content (AvgIpc) is 2.48. The van der Waals surface area contributed by atoms with Crippen molar-refractivity contribution in [2.24, 2.45) is 5.10 Å². The first-order valence-electron chi connectivity index (χ1n) is 7.89. The number of carbonyl (C=O) groups excluding carboxylic acids is 1. The van der Waals surface area contributed by atoms with Gasteiger partial charge in [0.05, 0.1) is 0 Å². The van der Waals surface area contributed by atoms with Gasteiger partial charge >= 0.3 is 0 Å². The third-order valence-corrected chi connectivity index (χ3v) is 7.51. The van der Waals surface area contributed by atoms with Crippen molar-refractivity contribution in [3.05, 3.63) is 35.9 Å². The third-order valence-electron chi connectivity index (χ3n) is 4.21. The van der Waals surface area contributed by atoms with Gasteiger partial charge in [0.2, 0.25) is 0 Å². The number of rotatable bonds is 5. The van der Waals surface area contributed by atoms with Crippen LogP contribution >= 0.6 is 0 Å². The molecule has 0 unspecified atom stereocenters. The molecule has 0 radical (unpaired) electrons. The number of carbonyl (C=O) groups is 1. The van der Waals surface area contributed by atoms with Gasteiger partial charge in [-0.1, -0.05) is 49.8 Å². The van der Waals surface area contributed by atoms with Crippen LogP contribution in [0.5, 0.6) is 0 Å². The molecule has 3 nitrogen and oxygen atoms in total. The zero-order valence-electron chi connectivity index (χ0n) is 13.4. The van der Waals surface area contributed by atoms with Gasteiger partial charge in [-0.25, -0.2) is 0 Å². The lowest BCUT2D eigenvalue weighted by Crippen LogP contribution is -2.48. The summed E-state index contributed by atoms with van der Waals surface area (Å²) in [7, 11) is -1.34. The van der Waals surface area contributed by atoms with Crippen LogP contribution in [0.1, 0.15) is 43.0 Å². The Hall–Kier alpha value is -1.42. The van der Waals surface area contributed by atoms with Gasteiger partial charge in [0.25, 0.3) is 0 Å². The second-order valence-electron chi connectivity index (χ2n) is 6.52. The quantitative estimate of drug-likeness (QED) is 0.461. The fraction of sp³-hybridized carbons (Fsp3) is 0.529. The van der Waals surface area contributed by atoms with E-state index in [2.05, 4.69) is 24.7 Å². The number of nitrogens with zero attached hydrogens (tertiary/aromatic N) is 2. The van der Waals surface area contributed by atoms with E-state index in [9.17, 15) is 4.79 Å². The molecule has 4 heteroatoms. The molecule has 0 saturated carbocycles. The summed E-state index contributed by atoms with van der Waals surface area (Å²) in [5.41, 5.74) is 1.89. The van der Waals surface area contributed by atoms with E-state index in [1.54, 1.807) is 0 Å².